The highest BCUT2D eigenvalue weighted by Crippen LogP contribution is 2.18. The van der Waals surface area contributed by atoms with Gasteiger partial charge in [0.25, 0.3) is 0 Å². The molecule has 5 nitrogen and oxygen atoms in total. The maximum Gasteiger partial charge on any atom is 0.241 e. The summed E-state index contributed by atoms with van der Waals surface area (Å²) in [4.78, 5) is 13.7. The van der Waals surface area contributed by atoms with Gasteiger partial charge in [-0.1, -0.05) is 6.07 Å². The first-order valence-corrected chi connectivity index (χ1v) is 7.34. The number of carbonyl (C=O) groups excluding carboxylic acids is 1. The first-order valence-electron chi connectivity index (χ1n) is 7.34. The Balaban J connectivity index is 1.89. The van der Waals surface area contributed by atoms with Crippen LogP contribution in [0, 0.1) is 17.1 Å². The number of halogens is 1. The average molecular weight is 327 g/mol. The van der Waals surface area contributed by atoms with Crippen LogP contribution in [0.15, 0.2) is 42.5 Å². The molecule has 2 rings (SSSR count). The zero-order valence-electron chi connectivity index (χ0n) is 13.5. The maximum absolute atomic E-state index is 13.7. The van der Waals surface area contributed by atoms with E-state index in [2.05, 4.69) is 5.32 Å². The van der Waals surface area contributed by atoms with Crippen molar-refractivity contribution in [1.82, 2.24) is 4.90 Å². The molecule has 0 aliphatic carbocycles. The van der Waals surface area contributed by atoms with E-state index >= 15 is 0 Å². The highest BCUT2D eigenvalue weighted by Gasteiger charge is 2.11. The molecule has 2 aromatic rings. The minimum absolute atomic E-state index is 0.112. The van der Waals surface area contributed by atoms with Crippen molar-refractivity contribution >= 4 is 11.6 Å². The van der Waals surface area contributed by atoms with Crippen LogP contribution in [0.3, 0.4) is 0 Å². The number of nitrogens with one attached hydrogen (secondary N) is 1. The predicted molar refractivity (Wildman–Crippen MR) is 89.1 cm³/mol. The smallest absolute Gasteiger partial charge is 0.241 e. The molecule has 1 amide bonds. The Labute approximate surface area is 140 Å². The van der Waals surface area contributed by atoms with Gasteiger partial charge in [-0.3, -0.25) is 4.79 Å². The molecule has 0 fully saturated rings. The summed E-state index contributed by atoms with van der Waals surface area (Å²) < 4.78 is 18.5. The van der Waals surface area contributed by atoms with Crippen LogP contribution in [-0.4, -0.2) is 31.5 Å². The van der Waals surface area contributed by atoms with Crippen LogP contribution in [0.1, 0.15) is 11.1 Å². The van der Waals surface area contributed by atoms with Gasteiger partial charge in [-0.25, -0.2) is 4.39 Å². The van der Waals surface area contributed by atoms with E-state index in [1.54, 1.807) is 37.4 Å². The third-order valence-electron chi connectivity index (χ3n) is 3.52. The molecule has 0 heterocycles. The Morgan fingerprint density at radius 2 is 2.00 bits per heavy atom. The van der Waals surface area contributed by atoms with Crippen molar-refractivity contribution in [2.75, 3.05) is 26.0 Å². The van der Waals surface area contributed by atoms with E-state index in [1.165, 1.54) is 24.1 Å². The number of hydrogen-bond donors (Lipinski definition) is 1. The molecule has 0 aliphatic rings. The first kappa shape index (κ1) is 17.3. The number of nitrogens with zero attached hydrogens (tertiary/aromatic N) is 2. The molecule has 0 saturated carbocycles. The summed E-state index contributed by atoms with van der Waals surface area (Å²) in [6.45, 7) is 0.413. The van der Waals surface area contributed by atoms with E-state index in [0.717, 1.165) is 5.69 Å². The fourth-order valence-corrected chi connectivity index (χ4v) is 2.15. The molecule has 0 aromatic heterocycles. The number of methoxy groups -OCH3 is 1. The number of likely N-dealkylation sites (N-methyl/N-ethyl adjacent to an activating group) is 1. The number of hydrogen-bond acceptors (Lipinski definition) is 4. The van der Waals surface area contributed by atoms with Crippen molar-refractivity contribution in [2.45, 2.75) is 6.54 Å². The van der Waals surface area contributed by atoms with E-state index in [0.29, 0.717) is 17.7 Å². The zero-order valence-corrected chi connectivity index (χ0v) is 13.5. The Bertz CT molecular complexity index is 754. The summed E-state index contributed by atoms with van der Waals surface area (Å²) in [5.74, 6) is -0.405. The lowest BCUT2D eigenvalue weighted by Crippen LogP contribution is -2.31. The van der Waals surface area contributed by atoms with Crippen LogP contribution in [0.25, 0.3) is 0 Å². The third-order valence-corrected chi connectivity index (χ3v) is 3.52. The van der Waals surface area contributed by atoms with Gasteiger partial charge in [-0.2, -0.15) is 5.26 Å². The number of ether oxygens (including phenoxy) is 1. The predicted octanol–water partition coefficient (Wildman–Crippen LogP) is 2.78. The van der Waals surface area contributed by atoms with E-state index in [9.17, 15) is 9.18 Å². The van der Waals surface area contributed by atoms with Crippen LogP contribution in [0.2, 0.25) is 0 Å². The Morgan fingerprint density at radius 1 is 1.29 bits per heavy atom. The lowest BCUT2D eigenvalue weighted by molar-refractivity contribution is -0.128. The lowest BCUT2D eigenvalue weighted by atomic mass is 10.2. The quantitative estimate of drug-likeness (QED) is 0.886. The van der Waals surface area contributed by atoms with Gasteiger partial charge in [0.1, 0.15) is 0 Å². The van der Waals surface area contributed by atoms with Crippen LogP contribution >= 0.6 is 0 Å². The van der Waals surface area contributed by atoms with Crippen molar-refractivity contribution in [2.24, 2.45) is 0 Å². The normalized spacial score (nSPS) is 9.92. The molecule has 0 radical (unpaired) electrons. The molecular formula is C18H18FN3O2. The van der Waals surface area contributed by atoms with Crippen molar-refractivity contribution < 1.29 is 13.9 Å². The Morgan fingerprint density at radius 3 is 2.58 bits per heavy atom. The van der Waals surface area contributed by atoms with Gasteiger partial charge in [0.2, 0.25) is 5.91 Å². The van der Waals surface area contributed by atoms with Crippen LogP contribution < -0.4 is 10.1 Å². The lowest BCUT2D eigenvalue weighted by Gasteiger charge is -2.18. The van der Waals surface area contributed by atoms with Gasteiger partial charge >= 0.3 is 0 Å². The number of benzene rings is 2. The second kappa shape index (κ2) is 7.97. The molecule has 0 unspecified atom stereocenters. The zero-order chi connectivity index (χ0) is 17.5. The second-order valence-electron chi connectivity index (χ2n) is 5.26. The highest BCUT2D eigenvalue weighted by atomic mass is 19.1. The van der Waals surface area contributed by atoms with Crippen LogP contribution in [-0.2, 0) is 11.3 Å². The highest BCUT2D eigenvalue weighted by molar-refractivity contribution is 5.80. The Hall–Kier alpha value is -3.07. The molecular weight excluding hydrogens is 309 g/mol. The maximum atomic E-state index is 13.7. The standard InChI is InChI=1S/C18H18FN3O2/c1-22(12-14-5-8-17(24-2)16(19)9-14)18(23)11-21-15-6-3-13(10-20)4-7-15/h3-9,21H,11-12H2,1-2H3. The largest absolute Gasteiger partial charge is 0.494 e. The van der Waals surface area contributed by atoms with Crippen molar-refractivity contribution in [3.05, 3.63) is 59.4 Å². The molecule has 0 bridgehead atoms. The summed E-state index contributed by atoms with van der Waals surface area (Å²) in [5.41, 5.74) is 2.00. The molecule has 24 heavy (non-hydrogen) atoms. The van der Waals surface area contributed by atoms with Gasteiger partial charge in [0.05, 0.1) is 25.3 Å². The molecule has 1 N–H and O–H groups in total. The second-order valence-corrected chi connectivity index (χ2v) is 5.26. The monoisotopic (exact) mass is 327 g/mol. The minimum atomic E-state index is -0.452. The molecule has 2 aromatic carbocycles. The Kier molecular flexibility index (Phi) is 5.74. The van der Waals surface area contributed by atoms with Gasteiger partial charge < -0.3 is 15.0 Å². The van der Waals surface area contributed by atoms with E-state index in [4.69, 9.17) is 10.00 Å². The van der Waals surface area contributed by atoms with E-state index < -0.39 is 5.82 Å². The van der Waals surface area contributed by atoms with Gasteiger partial charge in [-0.15, -0.1) is 0 Å². The number of rotatable bonds is 6. The minimum Gasteiger partial charge on any atom is -0.494 e. The summed E-state index contributed by atoms with van der Waals surface area (Å²) >= 11 is 0. The molecule has 0 spiro atoms. The van der Waals surface area contributed by atoms with Crippen molar-refractivity contribution in [1.29, 1.82) is 5.26 Å². The van der Waals surface area contributed by atoms with Crippen LogP contribution in [0.4, 0.5) is 10.1 Å². The first-order chi connectivity index (χ1) is 11.5. The summed E-state index contributed by atoms with van der Waals surface area (Å²) in [6.07, 6.45) is 0. The molecule has 6 heteroatoms. The fraction of sp³-hybridized carbons (Fsp3) is 0.222. The third kappa shape index (κ3) is 4.46. The topological polar surface area (TPSA) is 65.4 Å². The van der Waals surface area contributed by atoms with E-state index in [1.807, 2.05) is 6.07 Å². The van der Waals surface area contributed by atoms with Crippen LogP contribution in [0.5, 0.6) is 5.75 Å². The molecule has 0 atom stereocenters. The molecule has 0 saturated heterocycles. The van der Waals surface area contributed by atoms with Gasteiger partial charge in [-0.05, 0) is 42.0 Å². The summed E-state index contributed by atoms with van der Waals surface area (Å²) in [6, 6.07) is 13.5. The SMILES string of the molecule is COc1ccc(CN(C)C(=O)CNc2ccc(C#N)cc2)cc1F. The summed E-state index contributed by atoms with van der Waals surface area (Å²) in [5, 5.41) is 11.7. The van der Waals surface area contributed by atoms with Gasteiger partial charge in [0, 0.05) is 19.3 Å². The number of carbonyl (C=O) groups is 1. The van der Waals surface area contributed by atoms with Crippen molar-refractivity contribution in [3.8, 4) is 11.8 Å². The number of amides is 1. The molecule has 124 valence electrons. The number of anilines is 1. The molecule has 0 aliphatic heterocycles. The van der Waals surface area contributed by atoms with E-state index in [-0.39, 0.29) is 18.2 Å². The van der Waals surface area contributed by atoms with Crippen molar-refractivity contribution in [3.63, 3.8) is 0 Å². The number of nitriles is 1. The van der Waals surface area contributed by atoms with Gasteiger partial charge in [0.15, 0.2) is 11.6 Å². The average Bonchev–Trinajstić information content (AvgIpc) is 2.60. The summed E-state index contributed by atoms with van der Waals surface area (Å²) in [7, 11) is 3.06. The fourth-order valence-electron chi connectivity index (χ4n) is 2.15.